The highest BCUT2D eigenvalue weighted by atomic mass is 16.2. The lowest BCUT2D eigenvalue weighted by molar-refractivity contribution is -0.124. The van der Waals surface area contributed by atoms with Gasteiger partial charge in [-0.1, -0.05) is 74.6 Å². The summed E-state index contributed by atoms with van der Waals surface area (Å²) in [7, 11) is 0. The van der Waals surface area contributed by atoms with Gasteiger partial charge in [-0.3, -0.25) is 19.3 Å². The largest absolute Gasteiger partial charge is 0.326 e. The first-order chi connectivity index (χ1) is 21.6. The van der Waals surface area contributed by atoms with Gasteiger partial charge < -0.3 is 5.32 Å². The summed E-state index contributed by atoms with van der Waals surface area (Å²) < 4.78 is 0. The standard InChI is InChI=1S/C40H44N2O3/c1-5-17-39(3)19-15-27-22-29(39)24-32(27)36(43)41-30-11-7-25(8-12-30)21-26-9-13-31(14-10-26)42-37(44)34-28-16-20-40(4,18-6-2)33(23-28)35(34)38(42)45/h5-16,19-20,27-29,32-35H,1-2,17-18,21-24H2,3-4H3,(H,41,43). The Hall–Kier alpha value is -3.99. The van der Waals surface area contributed by atoms with E-state index < -0.39 is 0 Å². The van der Waals surface area contributed by atoms with E-state index in [9.17, 15) is 14.4 Å². The molecule has 0 radical (unpaired) electrons. The molecule has 5 heteroatoms. The van der Waals surface area contributed by atoms with E-state index in [0.717, 1.165) is 55.3 Å². The summed E-state index contributed by atoms with van der Waals surface area (Å²) >= 11 is 0. The molecule has 232 valence electrons. The predicted octanol–water partition coefficient (Wildman–Crippen LogP) is 7.90. The van der Waals surface area contributed by atoms with Crippen LogP contribution in [0.2, 0.25) is 0 Å². The molecule has 3 fully saturated rings. The first-order valence-electron chi connectivity index (χ1n) is 16.6. The zero-order valence-corrected chi connectivity index (χ0v) is 26.5. The number of allylic oxidation sites excluding steroid dienone is 6. The number of nitrogens with zero attached hydrogens (tertiary/aromatic N) is 1. The van der Waals surface area contributed by atoms with Gasteiger partial charge in [0.15, 0.2) is 0 Å². The summed E-state index contributed by atoms with van der Waals surface area (Å²) in [6, 6.07) is 15.9. The molecule has 4 bridgehead atoms. The van der Waals surface area contributed by atoms with E-state index in [0.29, 0.717) is 17.5 Å². The molecular formula is C40H44N2O3. The summed E-state index contributed by atoms with van der Waals surface area (Å²) in [5, 5.41) is 3.17. The highest BCUT2D eigenvalue weighted by Gasteiger charge is 2.62. The molecule has 7 rings (SSSR count). The summed E-state index contributed by atoms with van der Waals surface area (Å²) in [5.74, 6) is 0.630. The molecule has 4 aliphatic carbocycles. The summed E-state index contributed by atoms with van der Waals surface area (Å²) in [6.07, 6.45) is 18.3. The second-order valence-corrected chi connectivity index (χ2v) is 14.8. The number of nitrogens with one attached hydrogen (secondary N) is 1. The third-order valence-electron chi connectivity index (χ3n) is 12.0. The van der Waals surface area contributed by atoms with Crippen molar-refractivity contribution in [3.63, 3.8) is 0 Å². The summed E-state index contributed by atoms with van der Waals surface area (Å²) in [4.78, 5) is 42.0. The van der Waals surface area contributed by atoms with E-state index in [1.807, 2.05) is 48.6 Å². The molecule has 5 aliphatic rings. The maximum atomic E-state index is 13.7. The van der Waals surface area contributed by atoms with Crippen molar-refractivity contribution in [2.24, 2.45) is 52.3 Å². The average molecular weight is 601 g/mol. The number of fused-ring (bicyclic) bond motifs is 7. The number of imide groups is 1. The zero-order chi connectivity index (χ0) is 31.5. The number of benzene rings is 2. The number of anilines is 2. The summed E-state index contributed by atoms with van der Waals surface area (Å²) in [5.41, 5.74) is 3.68. The molecule has 45 heavy (non-hydrogen) atoms. The lowest BCUT2D eigenvalue weighted by atomic mass is 9.67. The van der Waals surface area contributed by atoms with E-state index >= 15 is 0 Å². The van der Waals surface area contributed by atoms with Crippen molar-refractivity contribution < 1.29 is 14.4 Å². The van der Waals surface area contributed by atoms with Crippen LogP contribution in [0.3, 0.4) is 0 Å². The molecule has 2 aromatic rings. The first-order valence-corrected chi connectivity index (χ1v) is 16.6. The van der Waals surface area contributed by atoms with Crippen molar-refractivity contribution in [3.8, 4) is 0 Å². The molecule has 1 saturated heterocycles. The molecule has 0 spiro atoms. The molecular weight excluding hydrogens is 556 g/mol. The second-order valence-electron chi connectivity index (χ2n) is 14.8. The van der Waals surface area contributed by atoms with Crippen LogP contribution < -0.4 is 10.2 Å². The molecule has 2 saturated carbocycles. The Bertz CT molecular complexity index is 1600. The van der Waals surface area contributed by atoms with Crippen molar-refractivity contribution >= 4 is 29.1 Å². The highest BCUT2D eigenvalue weighted by Crippen LogP contribution is 2.59. The van der Waals surface area contributed by atoms with Crippen LogP contribution in [0.1, 0.15) is 57.1 Å². The molecule has 5 nitrogen and oxygen atoms in total. The lowest BCUT2D eigenvalue weighted by Gasteiger charge is -2.37. The van der Waals surface area contributed by atoms with Gasteiger partial charge in [-0.05, 0) is 108 Å². The fraction of sp³-hybridized carbons (Fsp3) is 0.425. The number of hydrogen-bond donors (Lipinski definition) is 1. The van der Waals surface area contributed by atoms with Gasteiger partial charge in [-0.2, -0.15) is 0 Å². The third kappa shape index (κ3) is 4.95. The Morgan fingerprint density at radius 3 is 2.11 bits per heavy atom. The van der Waals surface area contributed by atoms with Crippen LogP contribution in [0, 0.1) is 52.3 Å². The van der Waals surface area contributed by atoms with Crippen LogP contribution in [0.4, 0.5) is 11.4 Å². The first kappa shape index (κ1) is 29.7. The molecule has 1 N–H and O–H groups in total. The Morgan fingerprint density at radius 2 is 1.42 bits per heavy atom. The van der Waals surface area contributed by atoms with E-state index in [4.69, 9.17) is 0 Å². The minimum absolute atomic E-state index is 0.0118. The normalized spacial score (nSPS) is 35.9. The van der Waals surface area contributed by atoms with Gasteiger partial charge >= 0.3 is 0 Å². The van der Waals surface area contributed by atoms with Gasteiger partial charge in [-0.15, -0.1) is 13.2 Å². The van der Waals surface area contributed by atoms with Crippen LogP contribution in [0.25, 0.3) is 0 Å². The predicted molar refractivity (Wildman–Crippen MR) is 179 cm³/mol. The van der Waals surface area contributed by atoms with Crippen molar-refractivity contribution in [2.45, 2.75) is 52.4 Å². The molecule has 3 amide bonds. The number of rotatable bonds is 9. The molecule has 2 aromatic carbocycles. The summed E-state index contributed by atoms with van der Waals surface area (Å²) in [6.45, 7) is 12.4. The van der Waals surface area contributed by atoms with Gasteiger partial charge in [0.05, 0.1) is 17.5 Å². The van der Waals surface area contributed by atoms with E-state index in [1.54, 1.807) is 0 Å². The molecule has 1 heterocycles. The van der Waals surface area contributed by atoms with Gasteiger partial charge in [-0.25, -0.2) is 0 Å². The van der Waals surface area contributed by atoms with Gasteiger partial charge in [0.2, 0.25) is 17.7 Å². The maximum Gasteiger partial charge on any atom is 0.238 e. The minimum Gasteiger partial charge on any atom is -0.326 e. The zero-order valence-electron chi connectivity index (χ0n) is 26.5. The van der Waals surface area contributed by atoms with Crippen LogP contribution in [0.15, 0.2) is 98.1 Å². The Morgan fingerprint density at radius 1 is 0.822 bits per heavy atom. The van der Waals surface area contributed by atoms with Crippen LogP contribution in [0.5, 0.6) is 0 Å². The van der Waals surface area contributed by atoms with Gasteiger partial charge in [0, 0.05) is 11.6 Å². The SMILES string of the molecule is C=CCC1(C)C=CC2CC1CC2C(=O)Nc1ccc(Cc2ccc(N3C(=O)C4C5C=CC(C)(CC=C)C(C5)C4C3=O)cc2)cc1. The molecule has 1 aliphatic heterocycles. The smallest absolute Gasteiger partial charge is 0.238 e. The third-order valence-corrected chi connectivity index (χ3v) is 12.0. The quantitative estimate of drug-likeness (QED) is 0.235. The number of hydrogen-bond acceptors (Lipinski definition) is 3. The second kappa shape index (κ2) is 11.1. The molecule has 9 unspecified atom stereocenters. The molecule has 0 aromatic heterocycles. The Kier molecular flexibility index (Phi) is 7.34. The fourth-order valence-electron chi connectivity index (χ4n) is 9.39. The Labute approximate surface area is 267 Å². The van der Waals surface area contributed by atoms with Crippen LogP contribution in [-0.4, -0.2) is 17.7 Å². The molecule has 9 atom stereocenters. The van der Waals surface area contributed by atoms with E-state index in [2.05, 4.69) is 68.8 Å². The van der Waals surface area contributed by atoms with Crippen molar-refractivity contribution in [2.75, 3.05) is 10.2 Å². The van der Waals surface area contributed by atoms with Crippen molar-refractivity contribution in [1.82, 2.24) is 0 Å². The maximum absolute atomic E-state index is 13.7. The van der Waals surface area contributed by atoms with Crippen molar-refractivity contribution in [3.05, 3.63) is 109 Å². The van der Waals surface area contributed by atoms with E-state index in [1.165, 1.54) is 4.90 Å². The fourth-order valence-corrected chi connectivity index (χ4v) is 9.39. The van der Waals surface area contributed by atoms with Crippen molar-refractivity contribution in [1.29, 1.82) is 0 Å². The van der Waals surface area contributed by atoms with Gasteiger partial charge in [0.25, 0.3) is 0 Å². The minimum atomic E-state index is -0.261. The van der Waals surface area contributed by atoms with Gasteiger partial charge in [0.1, 0.15) is 0 Å². The van der Waals surface area contributed by atoms with Crippen LogP contribution in [-0.2, 0) is 20.8 Å². The topological polar surface area (TPSA) is 66.5 Å². The lowest BCUT2D eigenvalue weighted by Crippen LogP contribution is -2.37. The number of amides is 3. The number of carbonyl (C=O) groups is 3. The van der Waals surface area contributed by atoms with E-state index in [-0.39, 0.29) is 58.1 Å². The van der Waals surface area contributed by atoms with Crippen LogP contribution >= 0.6 is 0 Å². The monoisotopic (exact) mass is 600 g/mol. The highest BCUT2D eigenvalue weighted by molar-refractivity contribution is 6.22. The number of carbonyl (C=O) groups excluding carboxylic acids is 3. The average Bonchev–Trinajstić information content (AvgIpc) is 3.66. The Balaban J connectivity index is 0.978.